The zero-order valence-electron chi connectivity index (χ0n) is 22.7. The van der Waals surface area contributed by atoms with Crippen LogP contribution in [0.3, 0.4) is 0 Å². The van der Waals surface area contributed by atoms with Crippen molar-refractivity contribution < 1.29 is 34.0 Å². The number of carbonyl (C=O) groups is 1. The standard InChI is InChI=1S/C28H40FN5O6S/c29-16-8-10-17(11-9-16)34(31)14-18(30)20-7-2-1-6-19(26-23(36)22(35)24(37)28(40-26)41-20)33-27(38)21-25-15(13-32-21)5-3-4-12-39-25/h1-2,8-11,14-15,19-26,28,32,35-37H,3-7,12-13,30-31H2,(H,33,38)/b2-1-,18-14-/t15?,19?,20-,21?,22?,23?,24?,25?,26?,28?/m0/s1. The Balaban J connectivity index is 1.32. The predicted molar refractivity (Wildman–Crippen MR) is 153 cm³/mol. The van der Waals surface area contributed by atoms with Gasteiger partial charge in [0.15, 0.2) is 0 Å². The maximum Gasteiger partial charge on any atom is 0.240 e. The summed E-state index contributed by atoms with van der Waals surface area (Å²) in [7, 11) is 0. The smallest absolute Gasteiger partial charge is 0.240 e. The molecule has 0 saturated carbocycles. The molecule has 1 amide bonds. The highest BCUT2D eigenvalue weighted by molar-refractivity contribution is 8.00. The van der Waals surface area contributed by atoms with Crippen molar-refractivity contribution in [3.63, 3.8) is 0 Å². The van der Waals surface area contributed by atoms with Crippen LogP contribution < -0.4 is 27.2 Å². The summed E-state index contributed by atoms with van der Waals surface area (Å²) in [6.45, 7) is 1.33. The molecule has 11 nitrogen and oxygen atoms in total. The second kappa shape index (κ2) is 13.4. The van der Waals surface area contributed by atoms with Crippen LogP contribution >= 0.6 is 11.8 Å². The number of anilines is 1. The van der Waals surface area contributed by atoms with Crippen molar-refractivity contribution in [2.24, 2.45) is 17.5 Å². The number of allylic oxidation sites excluding steroid dienone is 1. The highest BCUT2D eigenvalue weighted by atomic mass is 32.2. The van der Waals surface area contributed by atoms with Gasteiger partial charge in [-0.1, -0.05) is 18.6 Å². The fourth-order valence-electron chi connectivity index (χ4n) is 5.94. The first kappa shape index (κ1) is 30.2. The maximum atomic E-state index is 13.4. The van der Waals surface area contributed by atoms with E-state index in [1.54, 1.807) is 0 Å². The van der Waals surface area contributed by atoms with Gasteiger partial charge < -0.3 is 41.2 Å². The number of nitrogens with one attached hydrogen (secondary N) is 2. The minimum absolute atomic E-state index is 0.215. The van der Waals surface area contributed by atoms with E-state index in [0.717, 1.165) is 19.3 Å². The molecule has 3 saturated heterocycles. The van der Waals surface area contributed by atoms with Gasteiger partial charge in [0.1, 0.15) is 41.7 Å². The molecule has 226 valence electrons. The van der Waals surface area contributed by atoms with E-state index in [1.165, 1.54) is 47.2 Å². The first-order valence-corrected chi connectivity index (χ1v) is 15.1. The van der Waals surface area contributed by atoms with Crippen molar-refractivity contribution in [2.75, 3.05) is 18.2 Å². The quantitative estimate of drug-likeness (QED) is 0.141. The average molecular weight is 594 g/mol. The summed E-state index contributed by atoms with van der Waals surface area (Å²) in [5.74, 6) is 5.77. The lowest BCUT2D eigenvalue weighted by Gasteiger charge is -2.44. The molecular weight excluding hydrogens is 553 g/mol. The Bertz CT molecular complexity index is 1110. The molecule has 0 radical (unpaired) electrons. The first-order valence-electron chi connectivity index (χ1n) is 14.1. The molecule has 4 aliphatic heterocycles. The summed E-state index contributed by atoms with van der Waals surface area (Å²) >= 11 is 1.19. The molecule has 0 aliphatic carbocycles. The number of fused-ring (bicyclic) bond motifs is 3. The van der Waals surface area contributed by atoms with Gasteiger partial charge in [0.25, 0.3) is 0 Å². The van der Waals surface area contributed by atoms with Crippen LogP contribution in [0.5, 0.6) is 0 Å². The zero-order valence-corrected chi connectivity index (χ0v) is 23.5. The Morgan fingerprint density at radius 2 is 1.85 bits per heavy atom. The van der Waals surface area contributed by atoms with E-state index >= 15 is 0 Å². The van der Waals surface area contributed by atoms with Crippen LogP contribution in [0.2, 0.25) is 0 Å². The lowest BCUT2D eigenvalue weighted by Crippen LogP contribution is -2.64. The second-order valence-corrected chi connectivity index (χ2v) is 12.4. The number of hydrazine groups is 1. The number of aliphatic hydroxyl groups excluding tert-OH is 3. The minimum Gasteiger partial charge on any atom is -0.400 e. The van der Waals surface area contributed by atoms with E-state index in [4.69, 9.17) is 21.1 Å². The fourth-order valence-corrected chi connectivity index (χ4v) is 7.22. The van der Waals surface area contributed by atoms with Crippen LogP contribution in [0.25, 0.3) is 0 Å². The van der Waals surface area contributed by atoms with Crippen LogP contribution in [-0.4, -0.2) is 87.7 Å². The SMILES string of the molecule is N/C(=C\N(N)c1ccc(F)cc1)[C@@H]1C/C=C\CC(NC(=O)C2NCC3CCCCOC32)C2OC(S1)C(O)C(O)C2O. The van der Waals surface area contributed by atoms with E-state index in [-0.39, 0.29) is 23.7 Å². The summed E-state index contributed by atoms with van der Waals surface area (Å²) < 4.78 is 25.5. The number of hydrogen-bond donors (Lipinski definition) is 7. The van der Waals surface area contributed by atoms with Crippen molar-refractivity contribution in [1.29, 1.82) is 0 Å². The number of nitrogens with zero attached hydrogens (tertiary/aromatic N) is 1. The van der Waals surface area contributed by atoms with E-state index in [2.05, 4.69) is 10.6 Å². The molecular formula is C28H40FN5O6S. The van der Waals surface area contributed by atoms with Crippen LogP contribution in [-0.2, 0) is 14.3 Å². The molecule has 9 unspecified atom stereocenters. The molecule has 5 rings (SSSR count). The Hall–Kier alpha value is -2.23. The molecule has 0 aromatic heterocycles. The maximum absolute atomic E-state index is 13.4. The number of rotatable bonds is 5. The van der Waals surface area contributed by atoms with Crippen LogP contribution in [0.15, 0.2) is 48.3 Å². The molecule has 3 fully saturated rings. The number of nitrogens with two attached hydrogens (primary N) is 2. The third-order valence-corrected chi connectivity index (χ3v) is 9.73. The summed E-state index contributed by atoms with van der Waals surface area (Å²) in [5, 5.41) is 39.7. The van der Waals surface area contributed by atoms with Crippen molar-refractivity contribution in [3.05, 3.63) is 54.1 Å². The van der Waals surface area contributed by atoms with Crippen LogP contribution in [0, 0.1) is 11.7 Å². The summed E-state index contributed by atoms with van der Waals surface area (Å²) in [6.07, 6.45) is 3.62. The first-order chi connectivity index (χ1) is 19.7. The van der Waals surface area contributed by atoms with Gasteiger partial charge in [-0.15, -0.1) is 11.8 Å². The van der Waals surface area contributed by atoms with Gasteiger partial charge in [0.05, 0.1) is 23.1 Å². The lowest BCUT2D eigenvalue weighted by molar-refractivity contribution is -0.205. The van der Waals surface area contributed by atoms with Crippen molar-refractivity contribution >= 4 is 23.4 Å². The number of amides is 1. The molecule has 4 heterocycles. The summed E-state index contributed by atoms with van der Waals surface area (Å²) in [5.41, 5.74) is 6.37. The van der Waals surface area contributed by atoms with E-state index < -0.39 is 47.2 Å². The topological polar surface area (TPSA) is 176 Å². The molecule has 13 heteroatoms. The van der Waals surface area contributed by atoms with E-state index in [9.17, 15) is 24.5 Å². The number of ether oxygens (including phenoxy) is 2. The Kier molecular flexibility index (Phi) is 9.87. The second-order valence-electron chi connectivity index (χ2n) is 11.1. The third kappa shape index (κ3) is 6.89. The molecule has 9 N–H and O–H groups in total. The van der Waals surface area contributed by atoms with E-state index in [1.807, 2.05) is 12.2 Å². The van der Waals surface area contributed by atoms with E-state index in [0.29, 0.717) is 37.4 Å². The number of hydrogen-bond acceptors (Lipinski definition) is 11. The van der Waals surface area contributed by atoms with Gasteiger partial charge in [0.2, 0.25) is 5.91 Å². The van der Waals surface area contributed by atoms with Gasteiger partial charge in [0, 0.05) is 25.0 Å². The van der Waals surface area contributed by atoms with Gasteiger partial charge in [-0.2, -0.15) is 0 Å². The average Bonchev–Trinajstić information content (AvgIpc) is 3.22. The van der Waals surface area contributed by atoms with Crippen molar-refractivity contribution in [3.8, 4) is 0 Å². The minimum atomic E-state index is -1.50. The number of benzene rings is 1. The van der Waals surface area contributed by atoms with Crippen LogP contribution in [0.4, 0.5) is 10.1 Å². The number of carbonyl (C=O) groups excluding carboxylic acids is 1. The molecule has 41 heavy (non-hydrogen) atoms. The third-order valence-electron chi connectivity index (χ3n) is 8.28. The van der Waals surface area contributed by atoms with Crippen molar-refractivity contribution in [1.82, 2.24) is 10.6 Å². The van der Waals surface area contributed by atoms with Crippen molar-refractivity contribution in [2.45, 2.75) is 85.4 Å². The molecule has 1 aromatic carbocycles. The Labute approximate surface area is 243 Å². The number of thioether (sulfide) groups is 1. The summed E-state index contributed by atoms with van der Waals surface area (Å²) in [4.78, 5) is 13.4. The van der Waals surface area contributed by atoms with Crippen LogP contribution in [0.1, 0.15) is 32.1 Å². The molecule has 4 aliphatic rings. The highest BCUT2D eigenvalue weighted by Gasteiger charge is 2.49. The monoisotopic (exact) mass is 593 g/mol. The number of halogens is 1. The zero-order chi connectivity index (χ0) is 29.1. The Morgan fingerprint density at radius 3 is 2.63 bits per heavy atom. The normalized spacial score (nSPS) is 38.8. The Morgan fingerprint density at radius 1 is 1.10 bits per heavy atom. The van der Waals surface area contributed by atoms with Gasteiger partial charge in [-0.25, -0.2) is 10.2 Å². The molecule has 2 bridgehead atoms. The highest BCUT2D eigenvalue weighted by Crippen LogP contribution is 2.37. The molecule has 10 atom stereocenters. The van der Waals surface area contributed by atoms with Gasteiger partial charge in [-0.3, -0.25) is 9.80 Å². The number of aliphatic hydroxyl groups is 3. The molecule has 1 aromatic rings. The van der Waals surface area contributed by atoms with Gasteiger partial charge >= 0.3 is 0 Å². The largest absolute Gasteiger partial charge is 0.400 e. The molecule has 0 spiro atoms. The fraction of sp³-hybridized carbons (Fsp3) is 0.607. The summed E-state index contributed by atoms with van der Waals surface area (Å²) in [6, 6.07) is 4.45. The predicted octanol–water partition coefficient (Wildman–Crippen LogP) is 0.207. The lowest BCUT2D eigenvalue weighted by atomic mass is 9.92. The van der Waals surface area contributed by atoms with Gasteiger partial charge in [-0.05, 0) is 55.9 Å².